The van der Waals surface area contributed by atoms with Crippen molar-refractivity contribution in [1.82, 2.24) is 14.9 Å². The Labute approximate surface area is 115 Å². The molecule has 0 unspecified atom stereocenters. The predicted molar refractivity (Wildman–Crippen MR) is 76.5 cm³/mol. The molecule has 0 radical (unpaired) electrons. The second-order valence-electron chi connectivity index (χ2n) is 5.99. The number of hydrogen-bond donors (Lipinski definition) is 1. The van der Waals surface area contributed by atoms with Crippen molar-refractivity contribution in [3.8, 4) is 0 Å². The first-order valence-electron chi connectivity index (χ1n) is 6.85. The van der Waals surface area contributed by atoms with Gasteiger partial charge in [-0.25, -0.2) is 9.97 Å². The molecule has 0 amide bonds. The highest BCUT2D eigenvalue weighted by Gasteiger charge is 2.23. The Balaban J connectivity index is 1.96. The second-order valence-corrected chi connectivity index (χ2v) is 5.99. The number of rotatable bonds is 3. The van der Waals surface area contributed by atoms with Gasteiger partial charge in [0, 0.05) is 44.5 Å². The maximum atomic E-state index is 9.85. The van der Waals surface area contributed by atoms with E-state index < -0.39 is 5.60 Å². The first kappa shape index (κ1) is 14.2. The van der Waals surface area contributed by atoms with E-state index in [0.717, 1.165) is 50.1 Å². The summed E-state index contributed by atoms with van der Waals surface area (Å²) in [6.07, 6.45) is 0. The Kier molecular flexibility index (Phi) is 4.06. The normalized spacial score (nSPS) is 17.8. The monoisotopic (exact) mass is 264 g/mol. The predicted octanol–water partition coefficient (Wildman–Crippen LogP) is 0.986. The summed E-state index contributed by atoms with van der Waals surface area (Å²) in [7, 11) is 0. The number of aromatic nitrogens is 2. The Bertz CT molecular complexity index is 413. The van der Waals surface area contributed by atoms with Crippen LogP contribution in [0.4, 0.5) is 5.82 Å². The van der Waals surface area contributed by atoms with Gasteiger partial charge in [-0.1, -0.05) is 0 Å². The van der Waals surface area contributed by atoms with E-state index in [-0.39, 0.29) is 0 Å². The lowest BCUT2D eigenvalue weighted by Crippen LogP contribution is -2.50. The van der Waals surface area contributed by atoms with Crippen molar-refractivity contribution in [2.45, 2.75) is 33.3 Å². The summed E-state index contributed by atoms with van der Waals surface area (Å²) in [5.41, 5.74) is 0.394. The number of nitrogens with zero attached hydrogens (tertiary/aromatic N) is 4. The lowest BCUT2D eigenvalue weighted by atomic mass is 10.1. The molecule has 1 fully saturated rings. The maximum absolute atomic E-state index is 9.85. The molecule has 5 heteroatoms. The Hall–Kier alpha value is -1.20. The zero-order valence-corrected chi connectivity index (χ0v) is 12.3. The largest absolute Gasteiger partial charge is 0.389 e. The molecule has 5 nitrogen and oxygen atoms in total. The van der Waals surface area contributed by atoms with Crippen LogP contribution in [0.3, 0.4) is 0 Å². The molecule has 1 aliphatic heterocycles. The Morgan fingerprint density at radius 3 is 2.32 bits per heavy atom. The van der Waals surface area contributed by atoms with Gasteiger partial charge in [-0.3, -0.25) is 4.90 Å². The van der Waals surface area contributed by atoms with Gasteiger partial charge in [0.05, 0.1) is 5.60 Å². The molecule has 0 aliphatic carbocycles. The molecule has 0 bridgehead atoms. The van der Waals surface area contributed by atoms with E-state index in [0.29, 0.717) is 0 Å². The summed E-state index contributed by atoms with van der Waals surface area (Å²) in [6, 6.07) is 2.04. The number of hydrogen-bond acceptors (Lipinski definition) is 5. The van der Waals surface area contributed by atoms with Crippen LogP contribution in [0.5, 0.6) is 0 Å². The van der Waals surface area contributed by atoms with Crippen LogP contribution in [0, 0.1) is 13.8 Å². The molecule has 0 atom stereocenters. The van der Waals surface area contributed by atoms with Gasteiger partial charge in [-0.15, -0.1) is 0 Å². The minimum atomic E-state index is -0.621. The fourth-order valence-corrected chi connectivity index (χ4v) is 2.54. The molecule has 19 heavy (non-hydrogen) atoms. The molecule has 0 saturated carbocycles. The molecule has 1 aromatic rings. The molecule has 1 aromatic heterocycles. The van der Waals surface area contributed by atoms with Gasteiger partial charge in [-0.2, -0.15) is 0 Å². The summed E-state index contributed by atoms with van der Waals surface area (Å²) in [5.74, 6) is 1.85. The fraction of sp³-hybridized carbons (Fsp3) is 0.714. The summed E-state index contributed by atoms with van der Waals surface area (Å²) >= 11 is 0. The SMILES string of the molecule is Cc1cc(N2CCN(CC(C)(C)O)CC2)nc(C)n1. The minimum absolute atomic E-state index is 0.621. The molecule has 1 aliphatic rings. The summed E-state index contributed by atoms with van der Waals surface area (Å²) < 4.78 is 0. The molecule has 2 heterocycles. The average molecular weight is 264 g/mol. The first-order chi connectivity index (χ1) is 8.83. The molecule has 0 aromatic carbocycles. The van der Waals surface area contributed by atoms with Crippen LogP contribution in [0.2, 0.25) is 0 Å². The van der Waals surface area contributed by atoms with Crippen molar-refractivity contribution in [1.29, 1.82) is 0 Å². The number of anilines is 1. The second kappa shape index (κ2) is 5.43. The fourth-order valence-electron chi connectivity index (χ4n) is 2.54. The molecule has 0 spiro atoms. The van der Waals surface area contributed by atoms with Crippen LogP contribution in [0.15, 0.2) is 6.07 Å². The molecule has 106 valence electrons. The number of aryl methyl sites for hydroxylation is 2. The third-order valence-corrected chi connectivity index (χ3v) is 3.26. The highest BCUT2D eigenvalue weighted by atomic mass is 16.3. The van der Waals surface area contributed by atoms with E-state index in [9.17, 15) is 5.11 Å². The van der Waals surface area contributed by atoms with Gasteiger partial charge in [0.25, 0.3) is 0 Å². The minimum Gasteiger partial charge on any atom is -0.389 e. The van der Waals surface area contributed by atoms with E-state index in [1.165, 1.54) is 0 Å². The topological polar surface area (TPSA) is 52.5 Å². The lowest BCUT2D eigenvalue weighted by Gasteiger charge is -2.37. The quantitative estimate of drug-likeness (QED) is 0.882. The Morgan fingerprint density at radius 1 is 1.16 bits per heavy atom. The Morgan fingerprint density at radius 2 is 1.79 bits per heavy atom. The molecule has 1 saturated heterocycles. The summed E-state index contributed by atoms with van der Waals surface area (Å²) in [4.78, 5) is 13.4. The summed E-state index contributed by atoms with van der Waals surface area (Å²) in [5, 5.41) is 9.85. The van der Waals surface area contributed by atoms with Crippen LogP contribution in [-0.4, -0.2) is 58.3 Å². The van der Waals surface area contributed by atoms with Crippen LogP contribution in [-0.2, 0) is 0 Å². The van der Waals surface area contributed by atoms with Gasteiger partial charge < -0.3 is 10.0 Å². The molecular weight excluding hydrogens is 240 g/mol. The summed E-state index contributed by atoms with van der Waals surface area (Å²) in [6.45, 7) is 12.2. The van der Waals surface area contributed by atoms with E-state index in [4.69, 9.17) is 0 Å². The lowest BCUT2D eigenvalue weighted by molar-refractivity contribution is 0.0344. The van der Waals surface area contributed by atoms with Crippen LogP contribution in [0.1, 0.15) is 25.4 Å². The molecule has 2 rings (SSSR count). The van der Waals surface area contributed by atoms with Gasteiger partial charge in [0.2, 0.25) is 0 Å². The highest BCUT2D eigenvalue weighted by Crippen LogP contribution is 2.16. The van der Waals surface area contributed by atoms with Crippen LogP contribution < -0.4 is 4.90 Å². The van der Waals surface area contributed by atoms with Crippen molar-refractivity contribution >= 4 is 5.82 Å². The van der Waals surface area contributed by atoms with Crippen molar-refractivity contribution < 1.29 is 5.11 Å². The van der Waals surface area contributed by atoms with Crippen molar-refractivity contribution in [2.24, 2.45) is 0 Å². The van der Waals surface area contributed by atoms with Crippen molar-refractivity contribution in [3.05, 3.63) is 17.6 Å². The molecule has 1 N–H and O–H groups in total. The zero-order chi connectivity index (χ0) is 14.0. The smallest absolute Gasteiger partial charge is 0.132 e. The number of β-amino-alcohol motifs (C(OH)–C–C–N with tert-alkyl or cyclic N) is 1. The van der Waals surface area contributed by atoms with E-state index in [2.05, 4.69) is 19.8 Å². The standard InChI is InChI=1S/C14H24N4O/c1-11-9-13(16-12(2)15-11)18-7-5-17(6-8-18)10-14(3,4)19/h9,19H,5-8,10H2,1-4H3. The number of piperazine rings is 1. The third kappa shape index (κ3) is 4.14. The van der Waals surface area contributed by atoms with Gasteiger partial charge in [0.1, 0.15) is 11.6 Å². The maximum Gasteiger partial charge on any atom is 0.132 e. The highest BCUT2D eigenvalue weighted by molar-refractivity contribution is 5.40. The van der Waals surface area contributed by atoms with E-state index >= 15 is 0 Å². The first-order valence-corrected chi connectivity index (χ1v) is 6.85. The van der Waals surface area contributed by atoms with Gasteiger partial charge >= 0.3 is 0 Å². The van der Waals surface area contributed by atoms with Crippen molar-refractivity contribution in [3.63, 3.8) is 0 Å². The molecular formula is C14H24N4O. The number of aliphatic hydroxyl groups is 1. The zero-order valence-electron chi connectivity index (χ0n) is 12.3. The van der Waals surface area contributed by atoms with Crippen LogP contribution >= 0.6 is 0 Å². The van der Waals surface area contributed by atoms with Gasteiger partial charge in [-0.05, 0) is 27.7 Å². The average Bonchev–Trinajstić information content (AvgIpc) is 2.26. The van der Waals surface area contributed by atoms with Crippen molar-refractivity contribution in [2.75, 3.05) is 37.6 Å². The van der Waals surface area contributed by atoms with Gasteiger partial charge in [0.15, 0.2) is 0 Å². The third-order valence-electron chi connectivity index (χ3n) is 3.26. The van der Waals surface area contributed by atoms with E-state index in [1.807, 2.05) is 33.8 Å². The van der Waals surface area contributed by atoms with Crippen LogP contribution in [0.25, 0.3) is 0 Å². The van der Waals surface area contributed by atoms with E-state index in [1.54, 1.807) is 0 Å².